The molecule has 0 spiro atoms. The molecular formula is C50H76N6O2. The third-order valence-corrected chi connectivity index (χ3v) is 8.93. The highest BCUT2D eigenvalue weighted by atomic mass is 16.3. The molecule has 0 aliphatic rings. The summed E-state index contributed by atoms with van der Waals surface area (Å²) in [5.41, 5.74) is 9.95. The molecule has 0 saturated heterocycles. The molecule has 0 unspecified atom stereocenters. The summed E-state index contributed by atoms with van der Waals surface area (Å²) in [6.07, 6.45) is 2.21. The van der Waals surface area contributed by atoms with E-state index in [4.69, 9.17) is 10.2 Å². The molecule has 0 bridgehead atoms. The minimum atomic E-state index is 0.216. The van der Waals surface area contributed by atoms with Gasteiger partial charge in [-0.05, 0) is 93.4 Å². The first-order chi connectivity index (χ1) is 27.8. The Hall–Kier alpha value is -5.18. The highest BCUT2D eigenvalue weighted by molar-refractivity contribution is 5.58. The first kappa shape index (κ1) is 50.8. The van der Waals surface area contributed by atoms with Gasteiger partial charge in [-0.2, -0.15) is 0 Å². The Labute approximate surface area is 353 Å². The normalized spacial score (nSPS) is 9.76. The molecule has 5 aromatic carbocycles. The topological polar surface area (TPSA) is 59.9 Å². The summed E-state index contributed by atoms with van der Waals surface area (Å²) in [5, 5.41) is 17.8. The van der Waals surface area contributed by atoms with Crippen LogP contribution in [0, 0.1) is 13.8 Å². The van der Waals surface area contributed by atoms with Gasteiger partial charge in [-0.3, -0.25) is 0 Å². The summed E-state index contributed by atoms with van der Waals surface area (Å²) in [6, 6.07) is 45.8. The molecule has 0 saturated carbocycles. The van der Waals surface area contributed by atoms with E-state index < -0.39 is 0 Å². The minimum absolute atomic E-state index is 0.216. The van der Waals surface area contributed by atoms with Crippen LogP contribution in [0.25, 0.3) is 0 Å². The summed E-state index contributed by atoms with van der Waals surface area (Å²) >= 11 is 0. The van der Waals surface area contributed by atoms with Crippen molar-refractivity contribution < 1.29 is 10.2 Å². The Morgan fingerprint density at radius 2 is 0.638 bits per heavy atom. The third kappa shape index (κ3) is 21.4. The maximum Gasteiger partial charge on any atom is 0.0606 e. The van der Waals surface area contributed by atoms with E-state index in [9.17, 15) is 0 Å². The first-order valence-corrected chi connectivity index (χ1v) is 20.5. The van der Waals surface area contributed by atoms with Crippen LogP contribution in [0.5, 0.6) is 0 Å². The van der Waals surface area contributed by atoms with E-state index in [0.717, 1.165) is 39.0 Å². The monoisotopic (exact) mass is 793 g/mol. The summed E-state index contributed by atoms with van der Waals surface area (Å²) in [5.74, 6) is 0. The van der Waals surface area contributed by atoms with Crippen molar-refractivity contribution >= 4 is 34.1 Å². The molecule has 8 nitrogen and oxygen atoms in total. The number of aryl methyl sites for hydroxylation is 2. The standard InChI is InChI=1S/C12H19NO.C11H17NO.C10H16N2.C9H13N.C8H11N/c1-3-8-13(9-10-14)12-6-4-11(2)5-7-12;1-2-8-12(9-10-13)11-6-4-3-5-7-11;1-11(2)9-6-5-7-10(8-9)12(3)4;1-8-4-6-9(7-5-8)10(2)3;1-9(2)8-6-4-3-5-7-8/h4-7,14H,3,8-10H2,1-2H3;3-7,13H,2,8-10H2,1H3;5-8H,1-4H3;4-7H,1-3H3;3-7H,1-2H3. The second kappa shape index (κ2) is 30.0. The molecular weight excluding hydrogens is 717 g/mol. The van der Waals surface area contributed by atoms with Gasteiger partial charge in [-0.1, -0.05) is 91.7 Å². The van der Waals surface area contributed by atoms with E-state index in [0.29, 0.717) is 0 Å². The van der Waals surface area contributed by atoms with Crippen molar-refractivity contribution in [2.24, 2.45) is 0 Å². The van der Waals surface area contributed by atoms with Gasteiger partial charge in [0, 0.05) is 117 Å². The van der Waals surface area contributed by atoms with Crippen molar-refractivity contribution in [3.63, 3.8) is 0 Å². The Morgan fingerprint density at radius 3 is 0.948 bits per heavy atom. The van der Waals surface area contributed by atoms with Crippen molar-refractivity contribution in [2.75, 3.05) is 125 Å². The van der Waals surface area contributed by atoms with E-state index in [1.807, 2.05) is 64.6 Å². The maximum atomic E-state index is 8.94. The lowest BCUT2D eigenvalue weighted by Crippen LogP contribution is -2.27. The van der Waals surface area contributed by atoms with Crippen LogP contribution < -0.4 is 29.4 Å². The molecule has 0 atom stereocenters. The molecule has 318 valence electrons. The minimum Gasteiger partial charge on any atom is -0.395 e. The molecule has 8 heteroatoms. The van der Waals surface area contributed by atoms with Crippen LogP contribution in [-0.2, 0) is 0 Å². The van der Waals surface area contributed by atoms with Crippen molar-refractivity contribution in [3.8, 4) is 0 Å². The number of aliphatic hydroxyl groups is 2. The third-order valence-electron chi connectivity index (χ3n) is 8.93. The van der Waals surface area contributed by atoms with E-state index in [1.165, 1.54) is 45.3 Å². The fourth-order valence-electron chi connectivity index (χ4n) is 5.53. The second-order valence-electron chi connectivity index (χ2n) is 14.9. The molecule has 0 aliphatic heterocycles. The highest BCUT2D eigenvalue weighted by Crippen LogP contribution is 2.19. The van der Waals surface area contributed by atoms with E-state index in [2.05, 4.69) is 182 Å². The molecule has 0 radical (unpaired) electrons. The lowest BCUT2D eigenvalue weighted by molar-refractivity contribution is 0.301. The molecule has 0 heterocycles. The zero-order valence-electron chi connectivity index (χ0n) is 37.9. The van der Waals surface area contributed by atoms with Gasteiger partial charge < -0.3 is 39.6 Å². The van der Waals surface area contributed by atoms with Gasteiger partial charge in [0.05, 0.1) is 13.2 Å². The Balaban J connectivity index is 0.000000365. The average molecular weight is 793 g/mol. The molecule has 0 amide bonds. The molecule has 2 N–H and O–H groups in total. The number of para-hydroxylation sites is 2. The number of hydrogen-bond donors (Lipinski definition) is 2. The zero-order valence-corrected chi connectivity index (χ0v) is 37.9. The molecule has 0 aromatic heterocycles. The number of rotatable bonds is 14. The Kier molecular flexibility index (Phi) is 26.3. The Morgan fingerprint density at radius 1 is 0.345 bits per heavy atom. The van der Waals surface area contributed by atoms with Crippen LogP contribution in [0.3, 0.4) is 0 Å². The molecule has 5 rings (SSSR count). The number of aliphatic hydroxyl groups excluding tert-OH is 2. The van der Waals surface area contributed by atoms with Gasteiger partial charge in [0.1, 0.15) is 0 Å². The van der Waals surface area contributed by atoms with Crippen LogP contribution in [0.2, 0.25) is 0 Å². The van der Waals surface area contributed by atoms with E-state index in [-0.39, 0.29) is 13.2 Å². The lowest BCUT2D eigenvalue weighted by atomic mass is 10.2. The molecule has 0 aliphatic carbocycles. The van der Waals surface area contributed by atoms with Gasteiger partial charge in [-0.25, -0.2) is 0 Å². The van der Waals surface area contributed by atoms with Gasteiger partial charge in [0.15, 0.2) is 0 Å². The largest absolute Gasteiger partial charge is 0.395 e. The molecule has 0 fully saturated rings. The van der Waals surface area contributed by atoms with Gasteiger partial charge in [0.25, 0.3) is 0 Å². The van der Waals surface area contributed by atoms with Crippen molar-refractivity contribution in [2.45, 2.75) is 40.5 Å². The number of anilines is 6. The predicted molar refractivity (Wildman–Crippen MR) is 258 cm³/mol. The average Bonchev–Trinajstić information content (AvgIpc) is 3.23. The van der Waals surface area contributed by atoms with Crippen LogP contribution in [0.15, 0.2) is 133 Å². The van der Waals surface area contributed by atoms with Crippen molar-refractivity contribution in [1.82, 2.24) is 0 Å². The number of hydrogen-bond acceptors (Lipinski definition) is 8. The zero-order chi connectivity index (χ0) is 43.3. The van der Waals surface area contributed by atoms with E-state index in [1.54, 1.807) is 0 Å². The highest BCUT2D eigenvalue weighted by Gasteiger charge is 2.04. The van der Waals surface area contributed by atoms with Crippen LogP contribution in [0.1, 0.15) is 37.8 Å². The second-order valence-corrected chi connectivity index (χ2v) is 14.9. The maximum absolute atomic E-state index is 8.94. The van der Waals surface area contributed by atoms with Crippen molar-refractivity contribution in [1.29, 1.82) is 0 Å². The number of nitrogens with zero attached hydrogens (tertiary/aromatic N) is 6. The summed E-state index contributed by atoms with van der Waals surface area (Å²) in [7, 11) is 16.4. The van der Waals surface area contributed by atoms with Crippen molar-refractivity contribution in [3.05, 3.63) is 145 Å². The number of benzene rings is 5. The summed E-state index contributed by atoms with van der Waals surface area (Å²) in [4.78, 5) is 12.8. The van der Waals surface area contributed by atoms with Gasteiger partial charge in [-0.15, -0.1) is 0 Å². The lowest BCUT2D eigenvalue weighted by Gasteiger charge is -2.23. The predicted octanol–water partition coefficient (Wildman–Crippen LogP) is 9.73. The van der Waals surface area contributed by atoms with Gasteiger partial charge >= 0.3 is 0 Å². The van der Waals surface area contributed by atoms with Gasteiger partial charge in [0.2, 0.25) is 0 Å². The quantitative estimate of drug-likeness (QED) is 0.115. The van der Waals surface area contributed by atoms with Crippen LogP contribution in [0.4, 0.5) is 34.1 Å². The van der Waals surface area contributed by atoms with Crippen LogP contribution >= 0.6 is 0 Å². The van der Waals surface area contributed by atoms with E-state index >= 15 is 0 Å². The fourth-order valence-corrected chi connectivity index (χ4v) is 5.53. The fraction of sp³-hybridized carbons (Fsp3) is 0.400. The summed E-state index contributed by atoms with van der Waals surface area (Å²) < 4.78 is 0. The molecule has 5 aromatic rings. The Bertz CT molecular complexity index is 1660. The SMILES string of the molecule is CCCN(CCO)c1ccc(C)cc1.CCCN(CCO)c1ccccc1.CN(C)c1cccc(N(C)C)c1.CN(C)c1ccccc1.Cc1ccc(N(C)C)cc1. The van der Waals surface area contributed by atoms with Crippen LogP contribution in [-0.4, -0.2) is 106 Å². The smallest absolute Gasteiger partial charge is 0.0606 e. The summed E-state index contributed by atoms with van der Waals surface area (Å²) in [6.45, 7) is 12.4. The molecule has 58 heavy (non-hydrogen) atoms. The first-order valence-electron chi connectivity index (χ1n) is 20.5.